The highest BCUT2D eigenvalue weighted by Crippen LogP contribution is 2.39. The number of nitrogens with zero attached hydrogens (tertiary/aromatic N) is 4. The van der Waals surface area contributed by atoms with Crippen molar-refractivity contribution in [1.29, 1.82) is 0 Å². The van der Waals surface area contributed by atoms with E-state index in [0.717, 1.165) is 11.1 Å². The Kier molecular flexibility index (Phi) is 4.08. The van der Waals surface area contributed by atoms with Crippen molar-refractivity contribution < 1.29 is 27.9 Å². The van der Waals surface area contributed by atoms with Crippen molar-refractivity contribution in [2.75, 3.05) is 13.6 Å². The molecule has 1 aromatic heterocycles. The van der Waals surface area contributed by atoms with E-state index in [1.165, 1.54) is 7.05 Å². The van der Waals surface area contributed by atoms with Crippen LogP contribution in [-0.2, 0) is 11.0 Å². The molecule has 1 N–H and O–H groups in total. The number of aliphatic carboxylic acids is 1. The normalized spacial score (nSPS) is 25.2. The predicted molar refractivity (Wildman–Crippen MR) is 78.0 cm³/mol. The van der Waals surface area contributed by atoms with Gasteiger partial charge in [0.15, 0.2) is 11.7 Å². The number of carbonyl (C=O) groups is 2. The molecule has 1 aliphatic heterocycles. The lowest BCUT2D eigenvalue weighted by atomic mass is 10.0. The Morgan fingerprint density at radius 2 is 1.96 bits per heavy atom. The second-order valence-corrected chi connectivity index (χ2v) is 6.65. The van der Waals surface area contributed by atoms with E-state index in [4.69, 9.17) is 0 Å². The summed E-state index contributed by atoms with van der Waals surface area (Å²) >= 11 is 0. The summed E-state index contributed by atoms with van der Waals surface area (Å²) < 4.78 is 38.2. The zero-order valence-corrected chi connectivity index (χ0v) is 13.6. The van der Waals surface area contributed by atoms with Crippen LogP contribution in [0.4, 0.5) is 23.9 Å². The first-order valence-electron chi connectivity index (χ1n) is 7.11. The summed E-state index contributed by atoms with van der Waals surface area (Å²) in [5.74, 6) is -1.60. The standard InChI is InChI=1S/C14H17F3N4O3/c1-13(2,3)21(7-8(10(22)23)20(4)12(21)24)11-18-6-5-9(19-11)14(15,16)17/h5-6,8H,7H2,1-4H3/p+1. The van der Waals surface area contributed by atoms with Crippen molar-refractivity contribution in [2.24, 2.45) is 0 Å². The zero-order valence-electron chi connectivity index (χ0n) is 13.6. The number of amides is 2. The minimum Gasteiger partial charge on any atom is -0.480 e. The number of likely N-dealkylation sites (N-methyl/N-ethyl adjacent to an activating group) is 1. The fraction of sp³-hybridized carbons (Fsp3) is 0.571. The molecule has 0 bridgehead atoms. The maximum absolute atomic E-state index is 13.0. The molecule has 2 amide bonds. The summed E-state index contributed by atoms with van der Waals surface area (Å²) in [6.45, 7) is 4.64. The first-order valence-corrected chi connectivity index (χ1v) is 7.11. The summed E-state index contributed by atoms with van der Waals surface area (Å²) in [6, 6.07) is -1.12. The average Bonchev–Trinajstić information content (AvgIpc) is 2.72. The highest BCUT2D eigenvalue weighted by atomic mass is 19.4. The molecule has 2 atom stereocenters. The highest BCUT2D eigenvalue weighted by molar-refractivity contribution is 5.94. The van der Waals surface area contributed by atoms with Gasteiger partial charge in [-0.25, -0.2) is 9.59 Å². The minimum atomic E-state index is -4.69. The number of quaternary nitrogens is 1. The smallest absolute Gasteiger partial charge is 0.433 e. The van der Waals surface area contributed by atoms with E-state index in [2.05, 4.69) is 9.97 Å². The van der Waals surface area contributed by atoms with Crippen LogP contribution in [0.25, 0.3) is 0 Å². The minimum absolute atomic E-state index is 0.254. The zero-order chi connectivity index (χ0) is 18.5. The first-order chi connectivity index (χ1) is 10.8. The van der Waals surface area contributed by atoms with E-state index >= 15 is 0 Å². The van der Waals surface area contributed by atoms with Crippen LogP contribution in [-0.4, -0.2) is 57.1 Å². The topological polar surface area (TPSA) is 83.4 Å². The maximum Gasteiger partial charge on any atom is 0.433 e. The van der Waals surface area contributed by atoms with Gasteiger partial charge in [0.05, 0.1) is 0 Å². The lowest BCUT2D eigenvalue weighted by Gasteiger charge is -2.39. The van der Waals surface area contributed by atoms with Gasteiger partial charge in [0.25, 0.3) is 0 Å². The number of aromatic nitrogens is 2. The number of carboxylic acids is 1. The summed E-state index contributed by atoms with van der Waals surface area (Å²) in [5.41, 5.74) is -2.12. The molecule has 0 saturated carbocycles. The molecular formula is C14H18F3N4O3+. The molecule has 0 radical (unpaired) electrons. The Morgan fingerprint density at radius 3 is 2.38 bits per heavy atom. The Morgan fingerprint density at radius 1 is 1.38 bits per heavy atom. The number of hydrogen-bond acceptors (Lipinski definition) is 4. The second kappa shape index (κ2) is 5.40. The summed E-state index contributed by atoms with van der Waals surface area (Å²) in [5, 5.41) is 9.31. The number of carboxylic acid groups (broad SMARTS) is 1. The quantitative estimate of drug-likeness (QED) is 0.829. The average molecular weight is 347 g/mol. The molecule has 10 heteroatoms. The number of rotatable bonds is 2. The van der Waals surface area contributed by atoms with Crippen LogP contribution in [0.2, 0.25) is 0 Å². The Bertz CT molecular complexity index is 687. The van der Waals surface area contributed by atoms with E-state index < -0.39 is 39.9 Å². The molecule has 1 aliphatic rings. The molecule has 24 heavy (non-hydrogen) atoms. The SMILES string of the molecule is CN1C(=O)[N+](c2nccc(C(F)(F)F)n2)(C(C)(C)C)CC1C(=O)O. The molecule has 0 spiro atoms. The van der Waals surface area contributed by atoms with E-state index in [1.807, 2.05) is 0 Å². The number of alkyl halides is 3. The third-order valence-electron chi connectivity index (χ3n) is 4.25. The van der Waals surface area contributed by atoms with Crippen molar-refractivity contribution >= 4 is 17.9 Å². The Balaban J connectivity index is 2.68. The molecule has 0 aromatic carbocycles. The molecule has 2 unspecified atom stereocenters. The predicted octanol–water partition coefficient (Wildman–Crippen LogP) is 2.12. The molecule has 1 fully saturated rings. The van der Waals surface area contributed by atoms with E-state index in [1.54, 1.807) is 20.8 Å². The maximum atomic E-state index is 13.0. The van der Waals surface area contributed by atoms with Gasteiger partial charge in [-0.3, -0.25) is 4.90 Å². The van der Waals surface area contributed by atoms with Crippen LogP contribution >= 0.6 is 0 Å². The third kappa shape index (κ3) is 2.60. The van der Waals surface area contributed by atoms with Gasteiger partial charge in [-0.05, 0) is 26.8 Å². The van der Waals surface area contributed by atoms with Gasteiger partial charge in [0.2, 0.25) is 0 Å². The molecule has 1 aromatic rings. The number of halogens is 3. The van der Waals surface area contributed by atoms with Crippen LogP contribution in [0.5, 0.6) is 0 Å². The Labute approximate surface area is 136 Å². The number of hydrogen-bond donors (Lipinski definition) is 1. The van der Waals surface area contributed by atoms with Crippen LogP contribution < -0.4 is 4.48 Å². The molecule has 7 nitrogen and oxygen atoms in total. The van der Waals surface area contributed by atoms with Crippen LogP contribution in [0.3, 0.4) is 0 Å². The number of carbonyl (C=O) groups excluding carboxylic acids is 1. The molecular weight excluding hydrogens is 329 g/mol. The van der Waals surface area contributed by atoms with Gasteiger partial charge in [0, 0.05) is 13.2 Å². The summed E-state index contributed by atoms with van der Waals surface area (Å²) in [6.07, 6.45) is -3.77. The van der Waals surface area contributed by atoms with Gasteiger partial charge < -0.3 is 5.11 Å². The fourth-order valence-electron chi connectivity index (χ4n) is 2.82. The van der Waals surface area contributed by atoms with Gasteiger partial charge in [-0.2, -0.15) is 27.6 Å². The summed E-state index contributed by atoms with van der Waals surface area (Å²) in [4.78, 5) is 32.7. The monoisotopic (exact) mass is 347 g/mol. The van der Waals surface area contributed by atoms with Crippen molar-refractivity contribution in [3.63, 3.8) is 0 Å². The van der Waals surface area contributed by atoms with Gasteiger partial charge in [0.1, 0.15) is 12.1 Å². The third-order valence-corrected chi connectivity index (χ3v) is 4.25. The fourth-order valence-corrected chi connectivity index (χ4v) is 2.82. The van der Waals surface area contributed by atoms with Crippen molar-refractivity contribution in [3.05, 3.63) is 18.0 Å². The van der Waals surface area contributed by atoms with Gasteiger partial charge in [-0.1, -0.05) is 0 Å². The molecule has 132 valence electrons. The Hall–Kier alpha value is -2.23. The van der Waals surface area contributed by atoms with Crippen molar-refractivity contribution in [3.8, 4) is 0 Å². The van der Waals surface area contributed by atoms with E-state index in [9.17, 15) is 27.9 Å². The molecule has 0 aliphatic carbocycles. The van der Waals surface area contributed by atoms with E-state index in [-0.39, 0.29) is 12.5 Å². The molecule has 2 heterocycles. The van der Waals surface area contributed by atoms with E-state index in [0.29, 0.717) is 6.07 Å². The number of urea groups is 1. The van der Waals surface area contributed by atoms with Gasteiger partial charge in [-0.15, -0.1) is 0 Å². The van der Waals surface area contributed by atoms with Crippen LogP contribution in [0.15, 0.2) is 12.3 Å². The van der Waals surface area contributed by atoms with Crippen LogP contribution in [0, 0.1) is 0 Å². The van der Waals surface area contributed by atoms with Crippen LogP contribution in [0.1, 0.15) is 26.5 Å². The highest BCUT2D eigenvalue weighted by Gasteiger charge is 2.62. The van der Waals surface area contributed by atoms with Gasteiger partial charge >= 0.3 is 24.1 Å². The second-order valence-electron chi connectivity index (χ2n) is 6.65. The van der Waals surface area contributed by atoms with Crippen molar-refractivity contribution in [1.82, 2.24) is 19.4 Å². The largest absolute Gasteiger partial charge is 0.480 e. The molecule has 2 rings (SSSR count). The lowest BCUT2D eigenvalue weighted by molar-refractivity contribution is -0.142. The first kappa shape index (κ1) is 18.1. The van der Waals surface area contributed by atoms with Crippen molar-refractivity contribution in [2.45, 2.75) is 38.5 Å². The molecule has 1 saturated heterocycles. The lowest BCUT2D eigenvalue weighted by Crippen LogP contribution is -2.64. The summed E-state index contributed by atoms with van der Waals surface area (Å²) in [7, 11) is 1.31.